The number of rotatable bonds is 6. The molecule has 16 heavy (non-hydrogen) atoms. The smallest absolute Gasteiger partial charge is 0.246 e. The molecule has 0 saturated carbocycles. The van der Waals surface area contributed by atoms with E-state index < -0.39 is 0 Å². The van der Waals surface area contributed by atoms with Gasteiger partial charge in [-0.3, -0.25) is 0 Å². The third kappa shape index (κ3) is 5.04. The summed E-state index contributed by atoms with van der Waals surface area (Å²) in [4.78, 5) is 4.04. The van der Waals surface area contributed by atoms with Crippen LogP contribution in [0.2, 0.25) is 0 Å². The topological polar surface area (TPSA) is 72.2 Å². The first-order valence-electron chi connectivity index (χ1n) is 5.02. The molecule has 0 spiro atoms. The molecule has 1 aromatic heterocycles. The van der Waals surface area contributed by atoms with Crippen LogP contribution in [0.3, 0.4) is 0 Å². The summed E-state index contributed by atoms with van der Waals surface area (Å²) in [5, 5.41) is 10.3. The van der Waals surface area contributed by atoms with Gasteiger partial charge in [-0.1, -0.05) is 5.16 Å². The van der Waals surface area contributed by atoms with Crippen molar-refractivity contribution in [2.24, 2.45) is 0 Å². The van der Waals surface area contributed by atoms with E-state index in [0.717, 1.165) is 19.6 Å². The molecule has 0 aliphatic heterocycles. The fraction of sp³-hybridized carbons (Fsp3) is 0.667. The standard InChI is InChI=1S/C9H16N4O2S/c1-7-12-8(15-13-7)6-11-9(16)10-4-3-5-14-2/h3-6H2,1-2H3,(H2,10,11,16). The second-order valence-electron chi connectivity index (χ2n) is 3.19. The molecule has 0 radical (unpaired) electrons. The lowest BCUT2D eigenvalue weighted by Crippen LogP contribution is -2.35. The lowest BCUT2D eigenvalue weighted by Gasteiger charge is -2.07. The van der Waals surface area contributed by atoms with Crippen LogP contribution < -0.4 is 10.6 Å². The lowest BCUT2D eigenvalue weighted by molar-refractivity contribution is 0.195. The Morgan fingerprint density at radius 3 is 2.94 bits per heavy atom. The first-order chi connectivity index (χ1) is 7.72. The van der Waals surface area contributed by atoms with E-state index in [1.807, 2.05) is 0 Å². The van der Waals surface area contributed by atoms with Crippen molar-refractivity contribution >= 4 is 17.3 Å². The molecule has 0 amide bonds. The van der Waals surface area contributed by atoms with Crippen LogP contribution in [0.1, 0.15) is 18.1 Å². The van der Waals surface area contributed by atoms with Crippen LogP contribution in [0.4, 0.5) is 0 Å². The van der Waals surface area contributed by atoms with Gasteiger partial charge in [0.2, 0.25) is 5.89 Å². The van der Waals surface area contributed by atoms with Gasteiger partial charge in [-0.25, -0.2) is 0 Å². The molecule has 0 fully saturated rings. The SMILES string of the molecule is COCCCNC(=S)NCc1nc(C)no1. The van der Waals surface area contributed by atoms with E-state index >= 15 is 0 Å². The molecular weight excluding hydrogens is 228 g/mol. The maximum atomic E-state index is 5.06. The predicted octanol–water partition coefficient (Wildman–Crippen LogP) is 0.379. The third-order valence-corrected chi connectivity index (χ3v) is 2.07. The van der Waals surface area contributed by atoms with Crippen molar-refractivity contribution in [3.05, 3.63) is 11.7 Å². The molecule has 7 heteroatoms. The molecular formula is C9H16N4O2S. The molecule has 1 rings (SSSR count). The number of thiocarbonyl (C=S) groups is 1. The maximum Gasteiger partial charge on any atom is 0.246 e. The van der Waals surface area contributed by atoms with Crippen molar-refractivity contribution in [2.75, 3.05) is 20.3 Å². The fourth-order valence-corrected chi connectivity index (χ4v) is 1.22. The van der Waals surface area contributed by atoms with Crippen LogP contribution in [-0.2, 0) is 11.3 Å². The van der Waals surface area contributed by atoms with Crippen LogP contribution >= 0.6 is 12.2 Å². The normalized spacial score (nSPS) is 10.1. The molecule has 1 heterocycles. The fourth-order valence-electron chi connectivity index (χ4n) is 1.05. The molecule has 0 saturated heterocycles. The Hall–Kier alpha value is -1.21. The van der Waals surface area contributed by atoms with Crippen LogP contribution in [0.5, 0.6) is 0 Å². The number of nitrogens with one attached hydrogen (secondary N) is 2. The Bertz CT molecular complexity index is 329. The second kappa shape index (κ2) is 7.13. The molecule has 0 aliphatic carbocycles. The van der Waals surface area contributed by atoms with Gasteiger partial charge in [-0.2, -0.15) is 4.98 Å². The first-order valence-corrected chi connectivity index (χ1v) is 5.43. The summed E-state index contributed by atoms with van der Waals surface area (Å²) >= 11 is 5.06. The minimum atomic E-state index is 0.441. The number of hydrogen-bond acceptors (Lipinski definition) is 5. The van der Waals surface area contributed by atoms with Crippen molar-refractivity contribution in [2.45, 2.75) is 19.9 Å². The van der Waals surface area contributed by atoms with Crippen molar-refractivity contribution in [1.29, 1.82) is 0 Å². The Morgan fingerprint density at radius 1 is 1.50 bits per heavy atom. The van der Waals surface area contributed by atoms with E-state index in [2.05, 4.69) is 20.8 Å². The predicted molar refractivity (Wildman–Crippen MR) is 63.0 cm³/mol. The van der Waals surface area contributed by atoms with Crippen LogP contribution in [0, 0.1) is 6.92 Å². The Balaban J connectivity index is 2.10. The quantitative estimate of drug-likeness (QED) is 0.553. The van der Waals surface area contributed by atoms with Crippen LogP contribution in [0.15, 0.2) is 4.52 Å². The third-order valence-electron chi connectivity index (χ3n) is 1.78. The van der Waals surface area contributed by atoms with Crippen molar-refractivity contribution in [3.63, 3.8) is 0 Å². The Labute approximate surface area is 99.7 Å². The highest BCUT2D eigenvalue weighted by Crippen LogP contribution is 1.94. The number of aryl methyl sites for hydroxylation is 1. The first kappa shape index (κ1) is 12.9. The van der Waals surface area contributed by atoms with Gasteiger partial charge in [0.15, 0.2) is 10.9 Å². The molecule has 6 nitrogen and oxygen atoms in total. The molecule has 90 valence electrons. The van der Waals surface area contributed by atoms with Gasteiger partial charge >= 0.3 is 0 Å². The molecule has 0 unspecified atom stereocenters. The van der Waals surface area contributed by atoms with E-state index in [1.165, 1.54) is 0 Å². The summed E-state index contributed by atoms with van der Waals surface area (Å²) in [6.07, 6.45) is 0.915. The van der Waals surface area contributed by atoms with Gasteiger partial charge in [0, 0.05) is 20.3 Å². The summed E-state index contributed by atoms with van der Waals surface area (Å²) in [6, 6.07) is 0. The molecule has 0 atom stereocenters. The van der Waals surface area contributed by atoms with Gasteiger partial charge in [-0.15, -0.1) is 0 Å². The Kier molecular flexibility index (Phi) is 5.73. The Morgan fingerprint density at radius 2 is 2.31 bits per heavy atom. The average molecular weight is 244 g/mol. The van der Waals surface area contributed by atoms with Crippen molar-refractivity contribution in [3.8, 4) is 0 Å². The summed E-state index contributed by atoms with van der Waals surface area (Å²) < 4.78 is 9.85. The summed E-state index contributed by atoms with van der Waals surface area (Å²) in [7, 11) is 1.68. The van der Waals surface area contributed by atoms with Crippen molar-refractivity contribution < 1.29 is 9.26 Å². The van der Waals surface area contributed by atoms with Gasteiger partial charge in [0.1, 0.15) is 0 Å². The zero-order valence-electron chi connectivity index (χ0n) is 9.45. The zero-order chi connectivity index (χ0) is 11.8. The zero-order valence-corrected chi connectivity index (χ0v) is 10.3. The minimum absolute atomic E-state index is 0.441. The highest BCUT2D eigenvalue weighted by Gasteiger charge is 2.02. The largest absolute Gasteiger partial charge is 0.385 e. The monoisotopic (exact) mass is 244 g/mol. The number of methoxy groups -OCH3 is 1. The molecule has 0 aliphatic rings. The molecule has 0 aromatic carbocycles. The van der Waals surface area contributed by atoms with Crippen molar-refractivity contribution in [1.82, 2.24) is 20.8 Å². The van der Waals surface area contributed by atoms with E-state index in [-0.39, 0.29) is 0 Å². The maximum absolute atomic E-state index is 5.06. The van der Waals surface area contributed by atoms with E-state index in [4.69, 9.17) is 21.5 Å². The van der Waals surface area contributed by atoms with Crippen LogP contribution in [0.25, 0.3) is 0 Å². The van der Waals surface area contributed by atoms with E-state index in [9.17, 15) is 0 Å². The second-order valence-corrected chi connectivity index (χ2v) is 3.60. The van der Waals surface area contributed by atoms with Gasteiger partial charge in [0.05, 0.1) is 6.54 Å². The highest BCUT2D eigenvalue weighted by molar-refractivity contribution is 7.80. The minimum Gasteiger partial charge on any atom is -0.385 e. The van der Waals surface area contributed by atoms with Gasteiger partial charge in [-0.05, 0) is 25.6 Å². The number of aromatic nitrogens is 2. The van der Waals surface area contributed by atoms with E-state index in [1.54, 1.807) is 14.0 Å². The number of nitrogens with zero attached hydrogens (tertiary/aromatic N) is 2. The number of ether oxygens (including phenoxy) is 1. The molecule has 2 N–H and O–H groups in total. The molecule has 1 aromatic rings. The summed E-state index contributed by atoms with van der Waals surface area (Å²) in [6.45, 7) is 3.71. The van der Waals surface area contributed by atoms with Gasteiger partial charge < -0.3 is 19.9 Å². The highest BCUT2D eigenvalue weighted by atomic mass is 32.1. The summed E-state index contributed by atoms with van der Waals surface area (Å²) in [5.74, 6) is 1.15. The lowest BCUT2D eigenvalue weighted by atomic mass is 10.4. The van der Waals surface area contributed by atoms with Gasteiger partial charge in [0.25, 0.3) is 0 Å². The summed E-state index contributed by atoms with van der Waals surface area (Å²) in [5.41, 5.74) is 0. The van der Waals surface area contributed by atoms with Crippen LogP contribution in [-0.4, -0.2) is 35.5 Å². The molecule has 0 bridgehead atoms. The average Bonchev–Trinajstić information content (AvgIpc) is 2.68. The number of hydrogen-bond donors (Lipinski definition) is 2. The van der Waals surface area contributed by atoms with E-state index in [0.29, 0.717) is 23.4 Å².